The van der Waals surface area contributed by atoms with E-state index in [9.17, 15) is 14.3 Å². The third kappa shape index (κ3) is 3.03. The van der Waals surface area contributed by atoms with Gasteiger partial charge in [0.05, 0.1) is 18.7 Å². The largest absolute Gasteiger partial charge is 0.872 e. The van der Waals surface area contributed by atoms with E-state index >= 15 is 0 Å². The molecule has 1 N–H and O–H groups in total. The first-order valence-electron chi connectivity index (χ1n) is 8.48. The molecule has 1 saturated heterocycles. The van der Waals surface area contributed by atoms with Gasteiger partial charge in [-0.3, -0.25) is 4.79 Å². The molecule has 5 heteroatoms. The minimum atomic E-state index is -0.377. The topological polar surface area (TPSA) is 53.8 Å². The lowest BCUT2D eigenvalue weighted by atomic mass is 10.0. The fourth-order valence-electron chi connectivity index (χ4n) is 3.51. The van der Waals surface area contributed by atoms with Crippen molar-refractivity contribution >= 4 is 11.9 Å². The number of fused-ring (bicyclic) bond motifs is 1. The minimum Gasteiger partial charge on any atom is -0.872 e. The number of rotatable bonds is 3. The quantitative estimate of drug-likeness (QED) is 0.866. The number of allylic oxidation sites excluding steroid dienone is 1. The molecule has 25 heavy (non-hydrogen) atoms. The third-order valence-corrected chi connectivity index (χ3v) is 4.78. The molecule has 0 atom stereocenters. The molecule has 0 aliphatic carbocycles. The summed E-state index contributed by atoms with van der Waals surface area (Å²) >= 11 is 0. The summed E-state index contributed by atoms with van der Waals surface area (Å²) in [5.74, 6) is -0.240. The number of Topliss-reactive ketones (excluding diaryl/α,β-unsaturated/α-hetero) is 1. The van der Waals surface area contributed by atoms with Gasteiger partial charge in [-0.05, 0) is 29.8 Å². The first-order valence-corrected chi connectivity index (χ1v) is 8.48. The van der Waals surface area contributed by atoms with E-state index in [2.05, 4.69) is 0 Å². The zero-order chi connectivity index (χ0) is 17.4. The molecule has 0 unspecified atom stereocenters. The van der Waals surface area contributed by atoms with Crippen LogP contribution < -0.4 is 14.7 Å². The van der Waals surface area contributed by atoms with Gasteiger partial charge < -0.3 is 14.7 Å². The molecule has 2 heterocycles. The lowest BCUT2D eigenvalue weighted by Crippen LogP contribution is -3.08. The number of quaternary nitrogens is 1. The molecule has 0 aromatic heterocycles. The molecule has 0 radical (unpaired) electrons. The Hall–Kier alpha value is -2.66. The normalized spacial score (nSPS) is 18.6. The second kappa shape index (κ2) is 6.33. The van der Waals surface area contributed by atoms with Crippen LogP contribution in [0.5, 0.6) is 11.5 Å². The Kier molecular flexibility index (Phi) is 4.01. The number of hydrogen-bond donors (Lipinski definition) is 1. The van der Waals surface area contributed by atoms with Gasteiger partial charge in [-0.1, -0.05) is 23.9 Å². The van der Waals surface area contributed by atoms with E-state index in [1.54, 1.807) is 12.1 Å². The summed E-state index contributed by atoms with van der Waals surface area (Å²) < 4.78 is 19.1. The maximum absolute atomic E-state index is 13.3. The highest BCUT2D eigenvalue weighted by Crippen LogP contribution is 2.38. The first kappa shape index (κ1) is 15.8. The predicted molar refractivity (Wildman–Crippen MR) is 88.9 cm³/mol. The van der Waals surface area contributed by atoms with Gasteiger partial charge in [0.1, 0.15) is 18.1 Å². The van der Waals surface area contributed by atoms with Gasteiger partial charge in [0.15, 0.2) is 5.76 Å². The van der Waals surface area contributed by atoms with Crippen molar-refractivity contribution in [2.45, 2.75) is 19.4 Å². The Morgan fingerprint density at radius 3 is 2.76 bits per heavy atom. The highest BCUT2D eigenvalue weighted by molar-refractivity contribution is 6.14. The Bertz CT molecular complexity index is 869. The first-order chi connectivity index (χ1) is 12.1. The van der Waals surface area contributed by atoms with Crippen LogP contribution in [0.3, 0.4) is 0 Å². The zero-order valence-corrected chi connectivity index (χ0v) is 13.7. The number of ketones is 1. The molecule has 0 amide bonds. The molecule has 4 nitrogen and oxygen atoms in total. The summed E-state index contributed by atoms with van der Waals surface area (Å²) in [5.41, 5.74) is 1.52. The highest BCUT2D eigenvalue weighted by Gasteiger charge is 2.31. The van der Waals surface area contributed by atoms with Gasteiger partial charge in [-0.15, -0.1) is 0 Å². The van der Waals surface area contributed by atoms with Crippen LogP contribution in [0.4, 0.5) is 4.39 Å². The van der Waals surface area contributed by atoms with E-state index in [1.165, 1.54) is 35.2 Å². The van der Waals surface area contributed by atoms with Gasteiger partial charge in [-0.25, -0.2) is 4.39 Å². The van der Waals surface area contributed by atoms with Gasteiger partial charge in [0, 0.05) is 18.4 Å². The van der Waals surface area contributed by atoms with Crippen LogP contribution in [0.15, 0.2) is 42.2 Å². The lowest BCUT2D eigenvalue weighted by molar-refractivity contribution is -0.901. The van der Waals surface area contributed by atoms with Crippen molar-refractivity contribution in [1.29, 1.82) is 0 Å². The van der Waals surface area contributed by atoms with Crippen molar-refractivity contribution in [3.63, 3.8) is 0 Å². The number of hydrogen-bond acceptors (Lipinski definition) is 3. The summed E-state index contributed by atoms with van der Waals surface area (Å²) in [6, 6.07) is 8.91. The summed E-state index contributed by atoms with van der Waals surface area (Å²) in [5, 5.41) is 12.3. The fraction of sp³-hybridized carbons (Fsp3) is 0.250. The van der Waals surface area contributed by atoms with E-state index in [4.69, 9.17) is 4.74 Å². The molecule has 0 spiro atoms. The average molecular weight is 339 g/mol. The Morgan fingerprint density at radius 2 is 2.00 bits per heavy atom. The van der Waals surface area contributed by atoms with Gasteiger partial charge >= 0.3 is 0 Å². The van der Waals surface area contributed by atoms with Crippen molar-refractivity contribution in [3.05, 3.63) is 64.7 Å². The number of nitrogens with one attached hydrogen (secondary N) is 1. The monoisotopic (exact) mass is 339 g/mol. The van der Waals surface area contributed by atoms with E-state index < -0.39 is 0 Å². The third-order valence-electron chi connectivity index (χ3n) is 4.78. The molecule has 2 aromatic carbocycles. The van der Waals surface area contributed by atoms with Crippen LogP contribution in [0.1, 0.15) is 34.3 Å². The number of ether oxygens (including phenoxy) is 1. The summed E-state index contributed by atoms with van der Waals surface area (Å²) in [6.45, 7) is 2.63. The molecule has 0 saturated carbocycles. The average Bonchev–Trinajstić information content (AvgIpc) is 3.20. The fourth-order valence-corrected chi connectivity index (χ4v) is 3.51. The van der Waals surface area contributed by atoms with E-state index in [0.717, 1.165) is 25.9 Å². The van der Waals surface area contributed by atoms with Gasteiger partial charge in [0.2, 0.25) is 5.78 Å². The summed E-state index contributed by atoms with van der Waals surface area (Å²) in [7, 11) is 0. The minimum absolute atomic E-state index is 0.0991. The zero-order valence-electron chi connectivity index (χ0n) is 13.7. The lowest BCUT2D eigenvalue weighted by Gasteiger charge is -2.19. The SMILES string of the molecule is O=C1/C(=C/c2cccc(F)c2)Oc2c1ccc([O-])c2C[NH+]1CCCC1. The number of carbonyl (C=O) groups excluding carboxylic acids is 1. The van der Waals surface area contributed by atoms with Crippen LogP contribution in [0.2, 0.25) is 0 Å². The van der Waals surface area contributed by atoms with E-state index in [-0.39, 0.29) is 23.1 Å². The van der Waals surface area contributed by atoms with Gasteiger partial charge in [-0.2, -0.15) is 0 Å². The molecular weight excluding hydrogens is 321 g/mol. The highest BCUT2D eigenvalue weighted by atomic mass is 19.1. The predicted octanol–water partition coefficient (Wildman–Crippen LogP) is 1.69. The smallest absolute Gasteiger partial charge is 0.231 e. The Morgan fingerprint density at radius 1 is 1.20 bits per heavy atom. The Labute approximate surface area is 145 Å². The van der Waals surface area contributed by atoms with Crippen molar-refractivity contribution < 1.29 is 23.9 Å². The molecular formula is C20H18FNO3. The maximum atomic E-state index is 13.3. The van der Waals surface area contributed by atoms with Crippen LogP contribution in [0, 0.1) is 5.82 Å². The summed E-state index contributed by atoms with van der Waals surface area (Å²) in [4.78, 5) is 13.9. The maximum Gasteiger partial charge on any atom is 0.231 e. The molecule has 2 aliphatic heterocycles. The van der Waals surface area contributed by atoms with E-state index in [0.29, 0.717) is 29.0 Å². The number of carbonyl (C=O) groups is 1. The molecule has 2 aromatic rings. The molecule has 2 aliphatic rings. The van der Waals surface area contributed by atoms with Crippen molar-refractivity contribution in [2.24, 2.45) is 0 Å². The Balaban J connectivity index is 1.68. The van der Waals surface area contributed by atoms with Crippen LogP contribution in [-0.2, 0) is 6.54 Å². The molecule has 1 fully saturated rings. The van der Waals surface area contributed by atoms with Crippen molar-refractivity contribution in [3.8, 4) is 11.5 Å². The van der Waals surface area contributed by atoms with Crippen LogP contribution in [0.25, 0.3) is 6.08 Å². The number of halogens is 1. The number of benzene rings is 2. The molecule has 4 rings (SSSR count). The molecule has 128 valence electrons. The van der Waals surface area contributed by atoms with E-state index in [1.807, 2.05) is 0 Å². The van der Waals surface area contributed by atoms with Crippen molar-refractivity contribution in [1.82, 2.24) is 0 Å². The standard InChI is InChI=1S/C20H18FNO3/c21-14-5-3-4-13(10-14)11-18-19(24)15-6-7-17(23)16(20(15)25-18)12-22-8-1-2-9-22/h3-7,10-11,23H,1-2,8-9,12H2/b18-11-. The van der Waals surface area contributed by atoms with Gasteiger partial charge in [0.25, 0.3) is 0 Å². The summed E-state index contributed by atoms with van der Waals surface area (Å²) in [6.07, 6.45) is 3.83. The van der Waals surface area contributed by atoms with Crippen LogP contribution in [-0.4, -0.2) is 18.9 Å². The molecule has 0 bridgehead atoms. The second-order valence-corrected chi connectivity index (χ2v) is 6.55. The van der Waals surface area contributed by atoms with Crippen molar-refractivity contribution in [2.75, 3.05) is 13.1 Å². The number of likely N-dealkylation sites (tertiary alicyclic amines) is 1. The van der Waals surface area contributed by atoms with Crippen LogP contribution >= 0.6 is 0 Å². The second-order valence-electron chi connectivity index (χ2n) is 6.55.